The average molecular weight is 278 g/mol. The van der Waals surface area contributed by atoms with E-state index in [2.05, 4.69) is 5.32 Å². The quantitative estimate of drug-likeness (QED) is 0.903. The SMILES string of the molecule is N#Cc1c(F)cccc1OCC(=O)NC1CCOCC1. The first-order valence-electron chi connectivity index (χ1n) is 6.39. The van der Waals surface area contributed by atoms with Gasteiger partial charge in [-0.2, -0.15) is 5.26 Å². The summed E-state index contributed by atoms with van der Waals surface area (Å²) in [7, 11) is 0. The molecule has 0 saturated carbocycles. The zero-order chi connectivity index (χ0) is 14.4. The van der Waals surface area contributed by atoms with E-state index < -0.39 is 5.82 Å². The lowest BCUT2D eigenvalue weighted by atomic mass is 10.1. The normalized spacial score (nSPS) is 15.4. The van der Waals surface area contributed by atoms with Gasteiger partial charge < -0.3 is 14.8 Å². The number of carbonyl (C=O) groups is 1. The van der Waals surface area contributed by atoms with Crippen LogP contribution in [0.2, 0.25) is 0 Å². The molecular weight excluding hydrogens is 263 g/mol. The van der Waals surface area contributed by atoms with E-state index in [-0.39, 0.29) is 29.9 Å². The van der Waals surface area contributed by atoms with Crippen LogP contribution in [0.25, 0.3) is 0 Å². The molecule has 1 heterocycles. The summed E-state index contributed by atoms with van der Waals surface area (Å²) in [6.07, 6.45) is 1.55. The highest BCUT2D eigenvalue weighted by Gasteiger charge is 2.17. The minimum atomic E-state index is -0.658. The average Bonchev–Trinajstić information content (AvgIpc) is 2.46. The van der Waals surface area contributed by atoms with E-state index in [0.717, 1.165) is 12.8 Å². The Labute approximate surface area is 116 Å². The molecule has 0 unspecified atom stereocenters. The third kappa shape index (κ3) is 3.68. The smallest absolute Gasteiger partial charge is 0.258 e. The zero-order valence-corrected chi connectivity index (χ0v) is 10.9. The lowest BCUT2D eigenvalue weighted by Crippen LogP contribution is -2.41. The second-order valence-corrected chi connectivity index (χ2v) is 4.47. The molecule has 5 nitrogen and oxygen atoms in total. The van der Waals surface area contributed by atoms with Crippen molar-refractivity contribution in [3.63, 3.8) is 0 Å². The molecule has 1 aromatic carbocycles. The molecule has 1 aliphatic heterocycles. The van der Waals surface area contributed by atoms with Gasteiger partial charge in [-0.1, -0.05) is 6.07 Å². The largest absolute Gasteiger partial charge is 0.482 e. The molecule has 20 heavy (non-hydrogen) atoms. The fourth-order valence-electron chi connectivity index (χ4n) is 1.99. The number of benzene rings is 1. The predicted molar refractivity (Wildman–Crippen MR) is 68.6 cm³/mol. The number of nitrogens with one attached hydrogen (secondary N) is 1. The van der Waals surface area contributed by atoms with E-state index >= 15 is 0 Å². The van der Waals surface area contributed by atoms with E-state index in [0.29, 0.717) is 13.2 Å². The topological polar surface area (TPSA) is 71.3 Å². The third-order valence-corrected chi connectivity index (χ3v) is 3.03. The molecule has 1 saturated heterocycles. The highest BCUT2D eigenvalue weighted by atomic mass is 19.1. The number of nitrogens with zero attached hydrogens (tertiary/aromatic N) is 1. The van der Waals surface area contributed by atoms with Crippen LogP contribution in [0, 0.1) is 17.1 Å². The molecule has 1 aromatic rings. The molecule has 1 fully saturated rings. The lowest BCUT2D eigenvalue weighted by molar-refractivity contribution is -0.124. The van der Waals surface area contributed by atoms with Gasteiger partial charge in [0.05, 0.1) is 0 Å². The van der Waals surface area contributed by atoms with Gasteiger partial charge >= 0.3 is 0 Å². The monoisotopic (exact) mass is 278 g/mol. The first-order chi connectivity index (χ1) is 9.70. The van der Waals surface area contributed by atoms with Crippen LogP contribution in [0.1, 0.15) is 18.4 Å². The molecule has 0 atom stereocenters. The maximum atomic E-state index is 13.3. The summed E-state index contributed by atoms with van der Waals surface area (Å²) in [4.78, 5) is 11.7. The Kier molecular flexibility index (Phi) is 4.91. The number of ether oxygens (including phenoxy) is 2. The Hall–Kier alpha value is -2.13. The van der Waals surface area contributed by atoms with Crippen molar-refractivity contribution in [2.24, 2.45) is 0 Å². The molecule has 0 bridgehead atoms. The summed E-state index contributed by atoms with van der Waals surface area (Å²) >= 11 is 0. The van der Waals surface area contributed by atoms with Crippen molar-refractivity contribution in [2.75, 3.05) is 19.8 Å². The number of halogens is 1. The molecule has 0 aliphatic carbocycles. The van der Waals surface area contributed by atoms with Gasteiger partial charge in [-0.05, 0) is 25.0 Å². The van der Waals surface area contributed by atoms with Gasteiger partial charge in [0.25, 0.3) is 5.91 Å². The fraction of sp³-hybridized carbons (Fsp3) is 0.429. The minimum Gasteiger partial charge on any atom is -0.482 e. The Balaban J connectivity index is 1.87. The Morgan fingerprint density at radius 3 is 2.95 bits per heavy atom. The van der Waals surface area contributed by atoms with Gasteiger partial charge in [-0.25, -0.2) is 4.39 Å². The maximum Gasteiger partial charge on any atom is 0.258 e. The standard InChI is InChI=1S/C14H15FN2O3/c15-12-2-1-3-13(11(12)8-16)20-9-14(18)17-10-4-6-19-7-5-10/h1-3,10H,4-7,9H2,(H,17,18). The third-order valence-electron chi connectivity index (χ3n) is 3.03. The molecular formula is C14H15FN2O3. The van der Waals surface area contributed by atoms with Crippen LogP contribution in [-0.4, -0.2) is 31.8 Å². The van der Waals surface area contributed by atoms with Crippen molar-refractivity contribution in [2.45, 2.75) is 18.9 Å². The Morgan fingerprint density at radius 1 is 1.50 bits per heavy atom. The van der Waals surface area contributed by atoms with Crippen LogP contribution < -0.4 is 10.1 Å². The van der Waals surface area contributed by atoms with E-state index in [1.807, 2.05) is 0 Å². The number of hydrogen-bond acceptors (Lipinski definition) is 4. The molecule has 106 valence electrons. The summed E-state index contributed by atoms with van der Waals surface area (Å²) in [5.41, 5.74) is -0.189. The van der Waals surface area contributed by atoms with Crippen LogP contribution in [-0.2, 0) is 9.53 Å². The van der Waals surface area contributed by atoms with Crippen LogP contribution >= 0.6 is 0 Å². The number of amides is 1. The van der Waals surface area contributed by atoms with Gasteiger partial charge in [0, 0.05) is 19.3 Å². The van der Waals surface area contributed by atoms with E-state index in [1.165, 1.54) is 18.2 Å². The second kappa shape index (κ2) is 6.87. The van der Waals surface area contributed by atoms with Crippen molar-refractivity contribution >= 4 is 5.91 Å². The van der Waals surface area contributed by atoms with Gasteiger partial charge in [-0.15, -0.1) is 0 Å². The first-order valence-corrected chi connectivity index (χ1v) is 6.39. The van der Waals surface area contributed by atoms with Crippen LogP contribution in [0.15, 0.2) is 18.2 Å². The zero-order valence-electron chi connectivity index (χ0n) is 10.9. The molecule has 6 heteroatoms. The summed E-state index contributed by atoms with van der Waals surface area (Å²) < 4.78 is 23.7. The van der Waals surface area contributed by atoms with Crippen LogP contribution in [0.5, 0.6) is 5.75 Å². The van der Waals surface area contributed by atoms with Crippen LogP contribution in [0.4, 0.5) is 4.39 Å². The molecule has 0 aromatic heterocycles. The summed E-state index contributed by atoms with van der Waals surface area (Å²) in [5, 5.41) is 11.7. The van der Waals surface area contributed by atoms with Crippen LogP contribution in [0.3, 0.4) is 0 Å². The summed E-state index contributed by atoms with van der Waals surface area (Å²) in [5.74, 6) is -0.866. The molecule has 1 aliphatic rings. The van der Waals surface area contributed by atoms with Crippen molar-refractivity contribution in [1.29, 1.82) is 5.26 Å². The van der Waals surface area contributed by atoms with Gasteiger partial charge in [0.1, 0.15) is 23.2 Å². The van der Waals surface area contributed by atoms with Crippen molar-refractivity contribution in [1.82, 2.24) is 5.32 Å². The molecule has 1 amide bonds. The molecule has 0 radical (unpaired) electrons. The molecule has 1 N–H and O–H groups in total. The van der Waals surface area contributed by atoms with Gasteiger partial charge in [-0.3, -0.25) is 4.79 Å². The number of hydrogen-bond donors (Lipinski definition) is 1. The fourth-order valence-corrected chi connectivity index (χ4v) is 1.99. The second-order valence-electron chi connectivity index (χ2n) is 4.47. The lowest BCUT2D eigenvalue weighted by Gasteiger charge is -2.23. The highest BCUT2D eigenvalue weighted by Crippen LogP contribution is 2.20. The number of nitriles is 1. The van der Waals surface area contributed by atoms with Crippen molar-refractivity contribution in [3.8, 4) is 11.8 Å². The van der Waals surface area contributed by atoms with Crippen molar-refractivity contribution in [3.05, 3.63) is 29.6 Å². The summed E-state index contributed by atoms with van der Waals surface area (Å²) in [6.45, 7) is 1.03. The van der Waals surface area contributed by atoms with E-state index in [1.54, 1.807) is 6.07 Å². The van der Waals surface area contributed by atoms with E-state index in [4.69, 9.17) is 14.7 Å². The highest BCUT2D eigenvalue weighted by molar-refractivity contribution is 5.77. The Morgan fingerprint density at radius 2 is 2.25 bits per heavy atom. The Bertz CT molecular complexity index is 522. The minimum absolute atomic E-state index is 0.0784. The van der Waals surface area contributed by atoms with Gasteiger partial charge in [0.2, 0.25) is 0 Å². The first kappa shape index (κ1) is 14.3. The van der Waals surface area contributed by atoms with E-state index in [9.17, 15) is 9.18 Å². The molecule has 0 spiro atoms. The van der Waals surface area contributed by atoms with Gasteiger partial charge in [0.15, 0.2) is 6.61 Å². The summed E-state index contributed by atoms with van der Waals surface area (Å²) in [6, 6.07) is 5.87. The van der Waals surface area contributed by atoms with Crippen molar-refractivity contribution < 1.29 is 18.7 Å². The predicted octanol–water partition coefficient (Wildman–Crippen LogP) is 1.37. The number of rotatable bonds is 4. The molecule has 2 rings (SSSR count). The number of carbonyl (C=O) groups excluding carboxylic acids is 1. The maximum absolute atomic E-state index is 13.3.